The Hall–Kier alpha value is -2.37. The molecule has 0 aromatic heterocycles. The summed E-state index contributed by atoms with van der Waals surface area (Å²) >= 11 is 12.5. The fourth-order valence-corrected chi connectivity index (χ4v) is 4.59. The van der Waals surface area contributed by atoms with Crippen LogP contribution in [0.5, 0.6) is 0 Å². The quantitative estimate of drug-likeness (QED) is 0.658. The molecular formula is C22H20Cl2N2O3. The molecule has 0 spiro atoms. The largest absolute Gasteiger partial charge is 0.274 e. The lowest BCUT2D eigenvalue weighted by Crippen LogP contribution is -2.49. The smallest absolute Gasteiger partial charge is 0.272 e. The van der Waals surface area contributed by atoms with Crippen LogP contribution in [-0.2, 0) is 16.1 Å². The number of hydrazine groups is 1. The van der Waals surface area contributed by atoms with Crippen molar-refractivity contribution in [2.24, 2.45) is 11.8 Å². The van der Waals surface area contributed by atoms with Crippen LogP contribution in [-0.4, -0.2) is 27.7 Å². The average Bonchev–Trinajstić information content (AvgIpc) is 2.98. The lowest BCUT2D eigenvalue weighted by Gasteiger charge is -2.31. The maximum Gasteiger partial charge on any atom is 0.274 e. The van der Waals surface area contributed by atoms with Crippen LogP contribution in [0.25, 0.3) is 0 Å². The van der Waals surface area contributed by atoms with E-state index in [-0.39, 0.29) is 40.8 Å². The molecule has 0 bridgehead atoms. The van der Waals surface area contributed by atoms with E-state index in [9.17, 15) is 14.4 Å². The van der Waals surface area contributed by atoms with Crippen molar-refractivity contribution in [2.75, 3.05) is 0 Å². The van der Waals surface area contributed by atoms with Gasteiger partial charge < -0.3 is 0 Å². The van der Waals surface area contributed by atoms with Crippen LogP contribution in [0.1, 0.15) is 41.6 Å². The van der Waals surface area contributed by atoms with E-state index in [0.717, 1.165) is 17.9 Å². The summed E-state index contributed by atoms with van der Waals surface area (Å²) in [4.78, 5) is 39.7. The maximum atomic E-state index is 13.4. The van der Waals surface area contributed by atoms with Crippen LogP contribution in [0.3, 0.4) is 0 Å². The average molecular weight is 431 g/mol. The van der Waals surface area contributed by atoms with Gasteiger partial charge in [0.2, 0.25) is 0 Å². The van der Waals surface area contributed by atoms with Crippen molar-refractivity contribution in [3.63, 3.8) is 0 Å². The Balaban J connectivity index is 1.75. The minimum absolute atomic E-state index is 0.000645. The Bertz CT molecular complexity index is 954. The van der Waals surface area contributed by atoms with Crippen molar-refractivity contribution in [2.45, 2.75) is 32.2 Å². The Morgan fingerprint density at radius 1 is 0.897 bits per heavy atom. The third kappa shape index (κ3) is 3.65. The van der Waals surface area contributed by atoms with Gasteiger partial charge >= 0.3 is 0 Å². The van der Waals surface area contributed by atoms with Crippen LogP contribution >= 0.6 is 23.2 Å². The van der Waals surface area contributed by atoms with E-state index in [1.807, 2.05) is 0 Å². The lowest BCUT2D eigenvalue weighted by atomic mass is 9.81. The summed E-state index contributed by atoms with van der Waals surface area (Å²) in [6, 6.07) is 13.7. The first-order valence-corrected chi connectivity index (χ1v) is 10.4. The third-order valence-corrected chi connectivity index (χ3v) is 6.37. The van der Waals surface area contributed by atoms with Crippen molar-refractivity contribution >= 4 is 40.9 Å². The first-order valence-electron chi connectivity index (χ1n) is 9.66. The highest BCUT2D eigenvalue weighted by Crippen LogP contribution is 2.39. The Morgan fingerprint density at radius 2 is 1.45 bits per heavy atom. The SMILES string of the molecule is O=C(c1ccccc1Cl)N(Cc1ccccc1Cl)N1C(=O)[C@@H]2CCCC[C@H]2C1=O. The number of imide groups is 1. The fraction of sp³-hybridized carbons (Fsp3) is 0.318. The normalized spacial score (nSPS) is 21.2. The van der Waals surface area contributed by atoms with Gasteiger partial charge in [-0.1, -0.05) is 66.4 Å². The predicted molar refractivity (Wildman–Crippen MR) is 110 cm³/mol. The molecule has 0 unspecified atom stereocenters. The molecule has 1 aliphatic heterocycles. The van der Waals surface area contributed by atoms with Gasteiger partial charge in [0.05, 0.1) is 29.0 Å². The zero-order valence-electron chi connectivity index (χ0n) is 15.7. The monoisotopic (exact) mass is 430 g/mol. The highest BCUT2D eigenvalue weighted by atomic mass is 35.5. The standard InChI is InChI=1S/C22H20Cl2N2O3/c23-18-11-5-1-7-14(18)13-25(20(27)17-10-4-6-12-19(17)24)26-21(28)15-8-2-3-9-16(15)22(26)29/h1,4-7,10-12,15-16H,2-3,8-9,13H2/t15-,16-/m1/s1. The summed E-state index contributed by atoms with van der Waals surface area (Å²) in [7, 11) is 0. The van der Waals surface area contributed by atoms with E-state index < -0.39 is 5.91 Å². The number of nitrogens with zero attached hydrogens (tertiary/aromatic N) is 2. The van der Waals surface area contributed by atoms with E-state index in [4.69, 9.17) is 23.2 Å². The molecule has 7 heteroatoms. The van der Waals surface area contributed by atoms with Gasteiger partial charge in [0.15, 0.2) is 0 Å². The van der Waals surface area contributed by atoms with Gasteiger partial charge in [-0.15, -0.1) is 0 Å². The molecule has 4 rings (SSSR count). The van der Waals surface area contributed by atoms with Gasteiger partial charge in [-0.3, -0.25) is 14.4 Å². The fourth-order valence-electron chi connectivity index (χ4n) is 4.18. The molecule has 2 fully saturated rings. The molecule has 29 heavy (non-hydrogen) atoms. The van der Waals surface area contributed by atoms with E-state index in [0.29, 0.717) is 23.4 Å². The van der Waals surface area contributed by atoms with Gasteiger partial charge in [0.25, 0.3) is 17.7 Å². The summed E-state index contributed by atoms with van der Waals surface area (Å²) in [6.07, 6.45) is 3.17. The molecule has 1 saturated carbocycles. The molecule has 1 saturated heterocycles. The minimum Gasteiger partial charge on any atom is -0.272 e. The molecule has 2 atom stereocenters. The number of carbonyl (C=O) groups is 3. The zero-order valence-corrected chi connectivity index (χ0v) is 17.2. The number of fused-ring (bicyclic) bond motifs is 1. The molecular weight excluding hydrogens is 411 g/mol. The predicted octanol–water partition coefficient (Wildman–Crippen LogP) is 4.73. The summed E-state index contributed by atoms with van der Waals surface area (Å²) in [6.45, 7) is 0.000645. The molecule has 1 aliphatic carbocycles. The molecule has 5 nitrogen and oxygen atoms in total. The highest BCUT2D eigenvalue weighted by Gasteiger charge is 2.51. The van der Waals surface area contributed by atoms with Crippen molar-refractivity contribution in [1.82, 2.24) is 10.0 Å². The van der Waals surface area contributed by atoms with Crippen molar-refractivity contribution in [3.05, 3.63) is 69.7 Å². The van der Waals surface area contributed by atoms with Crippen LogP contribution < -0.4 is 0 Å². The topological polar surface area (TPSA) is 57.7 Å². The van der Waals surface area contributed by atoms with Crippen molar-refractivity contribution < 1.29 is 14.4 Å². The Morgan fingerprint density at radius 3 is 2.03 bits per heavy atom. The van der Waals surface area contributed by atoms with Crippen molar-refractivity contribution in [3.8, 4) is 0 Å². The Labute approximate surface area is 179 Å². The number of rotatable bonds is 4. The van der Waals surface area contributed by atoms with Crippen LogP contribution in [0.2, 0.25) is 10.0 Å². The van der Waals surface area contributed by atoms with E-state index >= 15 is 0 Å². The van der Waals surface area contributed by atoms with Gasteiger partial charge in [-0.2, -0.15) is 5.01 Å². The van der Waals surface area contributed by atoms with Crippen LogP contribution in [0.15, 0.2) is 48.5 Å². The summed E-state index contributed by atoms with van der Waals surface area (Å²) in [5, 5.41) is 2.96. The third-order valence-electron chi connectivity index (χ3n) is 5.68. The number of amides is 3. The molecule has 150 valence electrons. The molecule has 1 heterocycles. The number of halogens is 2. The summed E-state index contributed by atoms with van der Waals surface area (Å²) in [5.41, 5.74) is 0.877. The summed E-state index contributed by atoms with van der Waals surface area (Å²) in [5.74, 6) is -1.84. The minimum atomic E-state index is -0.504. The molecule has 3 amide bonds. The first kappa shape index (κ1) is 19.9. The Kier molecular flexibility index (Phi) is 5.61. The second-order valence-corrected chi connectivity index (χ2v) is 8.23. The van der Waals surface area contributed by atoms with E-state index in [2.05, 4.69) is 0 Å². The zero-order chi connectivity index (χ0) is 20.5. The number of hydrogen-bond acceptors (Lipinski definition) is 3. The van der Waals surface area contributed by atoms with E-state index in [1.165, 1.54) is 5.01 Å². The molecule has 0 N–H and O–H groups in total. The molecule has 2 aromatic carbocycles. The molecule has 0 radical (unpaired) electrons. The molecule has 2 aliphatic rings. The number of hydrogen-bond donors (Lipinski definition) is 0. The van der Waals surface area contributed by atoms with E-state index in [1.54, 1.807) is 48.5 Å². The van der Waals surface area contributed by atoms with Gasteiger partial charge in [-0.25, -0.2) is 5.01 Å². The highest BCUT2D eigenvalue weighted by molar-refractivity contribution is 6.34. The van der Waals surface area contributed by atoms with Gasteiger partial charge in [0, 0.05) is 5.02 Å². The van der Waals surface area contributed by atoms with Crippen LogP contribution in [0.4, 0.5) is 0 Å². The number of benzene rings is 2. The van der Waals surface area contributed by atoms with Gasteiger partial charge in [0.1, 0.15) is 0 Å². The number of carbonyl (C=O) groups excluding carboxylic acids is 3. The first-order chi connectivity index (χ1) is 14.0. The second kappa shape index (κ2) is 8.17. The second-order valence-electron chi connectivity index (χ2n) is 7.42. The van der Waals surface area contributed by atoms with Crippen LogP contribution in [0, 0.1) is 11.8 Å². The summed E-state index contributed by atoms with van der Waals surface area (Å²) < 4.78 is 0. The van der Waals surface area contributed by atoms with Crippen molar-refractivity contribution in [1.29, 1.82) is 0 Å². The molecule has 2 aromatic rings. The van der Waals surface area contributed by atoms with Gasteiger partial charge in [-0.05, 0) is 36.6 Å². The lowest BCUT2D eigenvalue weighted by molar-refractivity contribution is -0.155. The maximum absolute atomic E-state index is 13.4.